The second-order valence-electron chi connectivity index (χ2n) is 4.63. The maximum atomic E-state index is 10.5. The van der Waals surface area contributed by atoms with Crippen molar-refractivity contribution < 1.29 is 4.79 Å². The highest BCUT2D eigenvalue weighted by Crippen LogP contribution is 2.32. The molecule has 1 nitrogen and oxygen atoms in total. The minimum absolute atomic E-state index is 0.214. The molecule has 0 radical (unpaired) electrons. The zero-order valence-corrected chi connectivity index (χ0v) is 9.46. The predicted molar refractivity (Wildman–Crippen MR) is 60.2 cm³/mol. The normalized spacial score (nSPS) is 23.3. The molecule has 2 atom stereocenters. The van der Waals surface area contributed by atoms with E-state index in [0.717, 1.165) is 18.6 Å². The van der Waals surface area contributed by atoms with Crippen LogP contribution in [0.1, 0.15) is 52.4 Å². The van der Waals surface area contributed by atoms with E-state index in [9.17, 15) is 4.79 Å². The molecule has 80 valence electrons. The quantitative estimate of drug-likeness (QED) is 0.465. The van der Waals surface area contributed by atoms with E-state index in [-0.39, 0.29) is 5.92 Å². The molecule has 0 aliphatic heterocycles. The van der Waals surface area contributed by atoms with Crippen LogP contribution in [-0.2, 0) is 4.79 Å². The van der Waals surface area contributed by atoms with Crippen molar-refractivity contribution >= 4 is 6.29 Å². The Balaban J connectivity index is 2.22. The molecule has 0 aromatic rings. The van der Waals surface area contributed by atoms with Gasteiger partial charge < -0.3 is 4.79 Å². The molecule has 0 saturated carbocycles. The van der Waals surface area contributed by atoms with E-state index < -0.39 is 0 Å². The number of allylic oxidation sites excluding steroid dienone is 2. The fourth-order valence-electron chi connectivity index (χ4n) is 2.21. The second-order valence-corrected chi connectivity index (χ2v) is 4.63. The third kappa shape index (κ3) is 3.65. The lowest BCUT2D eigenvalue weighted by Crippen LogP contribution is -1.99. The van der Waals surface area contributed by atoms with E-state index >= 15 is 0 Å². The fraction of sp³-hybridized carbons (Fsp3) is 0.769. The van der Waals surface area contributed by atoms with Gasteiger partial charge in [0.1, 0.15) is 6.29 Å². The minimum Gasteiger partial charge on any atom is -0.303 e. The van der Waals surface area contributed by atoms with Gasteiger partial charge in [0.15, 0.2) is 0 Å². The zero-order valence-electron chi connectivity index (χ0n) is 9.46. The molecular formula is C13H22O. The lowest BCUT2D eigenvalue weighted by molar-refractivity contribution is -0.110. The van der Waals surface area contributed by atoms with Gasteiger partial charge >= 0.3 is 0 Å². The van der Waals surface area contributed by atoms with E-state index in [4.69, 9.17) is 0 Å². The van der Waals surface area contributed by atoms with Crippen molar-refractivity contribution in [1.82, 2.24) is 0 Å². The third-order valence-corrected chi connectivity index (χ3v) is 3.07. The van der Waals surface area contributed by atoms with Gasteiger partial charge in [-0.2, -0.15) is 0 Å². The fourth-order valence-corrected chi connectivity index (χ4v) is 2.21. The summed E-state index contributed by atoms with van der Waals surface area (Å²) >= 11 is 0. The standard InChI is InChI=1S/C13H22O/c1-3-4-5-12-6-7-13(9-12)8-11(2)10-14/h7,10-12H,3-6,8-9H2,1-2H3/t11?,12-/m1/s1. The van der Waals surface area contributed by atoms with Crippen LogP contribution in [0.15, 0.2) is 11.6 Å². The summed E-state index contributed by atoms with van der Waals surface area (Å²) in [4.78, 5) is 10.5. The van der Waals surface area contributed by atoms with Gasteiger partial charge in [0.05, 0.1) is 0 Å². The molecule has 0 fully saturated rings. The van der Waals surface area contributed by atoms with Crippen LogP contribution < -0.4 is 0 Å². The van der Waals surface area contributed by atoms with Crippen LogP contribution in [0.4, 0.5) is 0 Å². The molecule has 14 heavy (non-hydrogen) atoms. The van der Waals surface area contributed by atoms with Gasteiger partial charge in [0, 0.05) is 5.92 Å². The number of carbonyl (C=O) groups excluding carboxylic acids is 1. The summed E-state index contributed by atoms with van der Waals surface area (Å²) in [5.41, 5.74) is 1.52. The Bertz CT molecular complexity index is 205. The van der Waals surface area contributed by atoms with Crippen molar-refractivity contribution in [3.05, 3.63) is 11.6 Å². The molecule has 0 spiro atoms. The molecular weight excluding hydrogens is 172 g/mol. The molecule has 0 N–H and O–H groups in total. The summed E-state index contributed by atoms with van der Waals surface area (Å²) in [5.74, 6) is 1.09. The lowest BCUT2D eigenvalue weighted by atomic mass is 9.95. The Hall–Kier alpha value is -0.590. The van der Waals surface area contributed by atoms with Gasteiger partial charge in [0.25, 0.3) is 0 Å². The first-order valence-corrected chi connectivity index (χ1v) is 5.89. The summed E-state index contributed by atoms with van der Waals surface area (Å²) in [6, 6.07) is 0. The monoisotopic (exact) mass is 194 g/mol. The number of hydrogen-bond donors (Lipinski definition) is 0. The molecule has 1 aliphatic rings. The number of hydrogen-bond acceptors (Lipinski definition) is 1. The molecule has 1 aliphatic carbocycles. The number of unbranched alkanes of at least 4 members (excludes halogenated alkanes) is 1. The molecule has 0 aromatic heterocycles. The van der Waals surface area contributed by atoms with Crippen LogP contribution in [0.3, 0.4) is 0 Å². The van der Waals surface area contributed by atoms with E-state index in [1.165, 1.54) is 37.7 Å². The summed E-state index contributed by atoms with van der Waals surface area (Å²) in [5, 5.41) is 0. The van der Waals surface area contributed by atoms with Gasteiger partial charge in [-0.1, -0.05) is 38.3 Å². The van der Waals surface area contributed by atoms with E-state index in [2.05, 4.69) is 13.0 Å². The summed E-state index contributed by atoms with van der Waals surface area (Å²) < 4.78 is 0. The second kappa shape index (κ2) is 6.00. The lowest BCUT2D eigenvalue weighted by Gasteiger charge is -2.10. The number of aldehydes is 1. The molecule has 0 amide bonds. The van der Waals surface area contributed by atoms with Crippen molar-refractivity contribution in [1.29, 1.82) is 0 Å². The highest BCUT2D eigenvalue weighted by atomic mass is 16.1. The summed E-state index contributed by atoms with van der Waals surface area (Å²) in [7, 11) is 0. The maximum Gasteiger partial charge on any atom is 0.123 e. The van der Waals surface area contributed by atoms with Crippen molar-refractivity contribution in [2.45, 2.75) is 52.4 Å². The first-order chi connectivity index (χ1) is 6.76. The van der Waals surface area contributed by atoms with Gasteiger partial charge in [-0.15, -0.1) is 0 Å². The minimum atomic E-state index is 0.214. The SMILES string of the molecule is CCCC[C@@H]1CC=C(CC(C)C=O)C1. The molecule has 0 heterocycles. The van der Waals surface area contributed by atoms with Crippen LogP contribution in [0.2, 0.25) is 0 Å². The van der Waals surface area contributed by atoms with Gasteiger partial charge in [0.2, 0.25) is 0 Å². The molecule has 1 unspecified atom stereocenters. The highest BCUT2D eigenvalue weighted by Gasteiger charge is 2.17. The summed E-state index contributed by atoms with van der Waals surface area (Å²) in [6.07, 6.45) is 10.9. The molecule has 1 rings (SSSR count). The van der Waals surface area contributed by atoms with Crippen molar-refractivity contribution in [2.24, 2.45) is 11.8 Å². The average Bonchev–Trinajstić information content (AvgIpc) is 2.62. The van der Waals surface area contributed by atoms with Crippen LogP contribution in [0, 0.1) is 11.8 Å². The Morgan fingerprint density at radius 2 is 2.43 bits per heavy atom. The van der Waals surface area contributed by atoms with Gasteiger partial charge in [-0.05, 0) is 31.6 Å². The van der Waals surface area contributed by atoms with Crippen molar-refractivity contribution in [2.75, 3.05) is 0 Å². The smallest absolute Gasteiger partial charge is 0.123 e. The van der Waals surface area contributed by atoms with E-state index in [0.29, 0.717) is 0 Å². The summed E-state index contributed by atoms with van der Waals surface area (Å²) in [6.45, 7) is 4.25. The zero-order chi connectivity index (χ0) is 10.4. The average molecular weight is 194 g/mol. The van der Waals surface area contributed by atoms with E-state index in [1.54, 1.807) is 0 Å². The maximum absolute atomic E-state index is 10.5. The number of rotatable bonds is 6. The Morgan fingerprint density at radius 3 is 3.07 bits per heavy atom. The third-order valence-electron chi connectivity index (χ3n) is 3.07. The number of carbonyl (C=O) groups is 1. The molecule has 1 heteroatoms. The Morgan fingerprint density at radius 1 is 1.64 bits per heavy atom. The first kappa shape index (κ1) is 11.5. The van der Waals surface area contributed by atoms with Gasteiger partial charge in [-0.25, -0.2) is 0 Å². The molecule has 0 bridgehead atoms. The first-order valence-electron chi connectivity index (χ1n) is 5.89. The Labute approximate surface area is 87.6 Å². The van der Waals surface area contributed by atoms with Crippen molar-refractivity contribution in [3.63, 3.8) is 0 Å². The molecule has 0 aromatic carbocycles. The van der Waals surface area contributed by atoms with E-state index in [1.807, 2.05) is 6.92 Å². The van der Waals surface area contributed by atoms with Crippen LogP contribution in [0.25, 0.3) is 0 Å². The Kier molecular flexibility index (Phi) is 4.92. The van der Waals surface area contributed by atoms with Crippen LogP contribution in [0.5, 0.6) is 0 Å². The van der Waals surface area contributed by atoms with Crippen molar-refractivity contribution in [3.8, 4) is 0 Å². The van der Waals surface area contributed by atoms with Crippen LogP contribution in [-0.4, -0.2) is 6.29 Å². The highest BCUT2D eigenvalue weighted by molar-refractivity contribution is 5.53. The largest absolute Gasteiger partial charge is 0.303 e. The molecule has 0 saturated heterocycles. The predicted octanol–water partition coefficient (Wildman–Crippen LogP) is 3.74. The topological polar surface area (TPSA) is 17.1 Å². The van der Waals surface area contributed by atoms with Crippen LogP contribution >= 0.6 is 0 Å². The van der Waals surface area contributed by atoms with Gasteiger partial charge in [-0.3, -0.25) is 0 Å².